The summed E-state index contributed by atoms with van der Waals surface area (Å²) in [5.41, 5.74) is 2.87. The van der Waals surface area contributed by atoms with Crippen molar-refractivity contribution in [3.63, 3.8) is 0 Å². The number of aliphatic hydroxyl groups excluding tert-OH is 1. The summed E-state index contributed by atoms with van der Waals surface area (Å²) in [5.74, 6) is 0.600. The van der Waals surface area contributed by atoms with Gasteiger partial charge in [0, 0.05) is 31.2 Å². The minimum atomic E-state index is -0.513. The highest BCUT2D eigenvalue weighted by atomic mass is 16.5. The standard InChI is InChI=1S/C21H28N2O3/c1-6-23-19-16(8-7-14(4)22-19)18-17(20(23)25)15(11-13(2)3)12-21(5,26-18)9-10-24/h7-8,11,15,24H,6,9-10,12H2,1-5H3/t15-,21+/m0/s1. The van der Waals surface area contributed by atoms with Crippen molar-refractivity contribution in [2.45, 2.75) is 65.5 Å². The number of fused-ring (bicyclic) bond motifs is 3. The fourth-order valence-corrected chi connectivity index (χ4v) is 3.93. The molecule has 3 heterocycles. The first kappa shape index (κ1) is 18.6. The van der Waals surface area contributed by atoms with E-state index in [4.69, 9.17) is 4.74 Å². The molecule has 0 unspecified atom stereocenters. The summed E-state index contributed by atoms with van der Waals surface area (Å²) in [5, 5.41) is 10.4. The molecule has 0 aliphatic carbocycles. The second-order valence-electron chi connectivity index (χ2n) is 7.70. The third-order valence-electron chi connectivity index (χ3n) is 5.10. The van der Waals surface area contributed by atoms with E-state index in [9.17, 15) is 9.90 Å². The molecule has 0 amide bonds. The Morgan fingerprint density at radius 2 is 2.19 bits per heavy atom. The van der Waals surface area contributed by atoms with Gasteiger partial charge >= 0.3 is 0 Å². The number of aliphatic hydroxyl groups is 1. The summed E-state index contributed by atoms with van der Waals surface area (Å²) in [6, 6.07) is 3.94. The van der Waals surface area contributed by atoms with Gasteiger partial charge in [0.15, 0.2) is 0 Å². The Labute approximate surface area is 154 Å². The van der Waals surface area contributed by atoms with Gasteiger partial charge in [0.2, 0.25) is 0 Å². The van der Waals surface area contributed by atoms with Gasteiger partial charge in [0.1, 0.15) is 17.0 Å². The van der Waals surface area contributed by atoms with Crippen LogP contribution in [0.2, 0.25) is 0 Å². The number of hydrogen-bond acceptors (Lipinski definition) is 4. The first-order valence-electron chi connectivity index (χ1n) is 9.28. The molecule has 2 atom stereocenters. The molecule has 3 rings (SSSR count). The topological polar surface area (TPSA) is 64.4 Å². The van der Waals surface area contributed by atoms with Crippen molar-refractivity contribution in [2.24, 2.45) is 0 Å². The van der Waals surface area contributed by atoms with Crippen LogP contribution in [0.1, 0.15) is 57.7 Å². The second kappa shape index (κ2) is 6.88. The van der Waals surface area contributed by atoms with Gasteiger partial charge < -0.3 is 9.84 Å². The molecule has 0 spiro atoms. The lowest BCUT2D eigenvalue weighted by Gasteiger charge is -2.39. The number of hydrogen-bond donors (Lipinski definition) is 1. The SMILES string of the molecule is CCn1c(=O)c2c(c3ccc(C)nc31)O[C@](C)(CCO)C[C@@H]2C=C(C)C. The lowest BCUT2D eigenvalue weighted by atomic mass is 9.81. The van der Waals surface area contributed by atoms with Crippen molar-refractivity contribution in [1.29, 1.82) is 0 Å². The van der Waals surface area contributed by atoms with Crippen LogP contribution in [-0.4, -0.2) is 26.9 Å². The lowest BCUT2D eigenvalue weighted by molar-refractivity contribution is 0.0349. The maximum absolute atomic E-state index is 13.3. The maximum Gasteiger partial charge on any atom is 0.259 e. The van der Waals surface area contributed by atoms with Crippen LogP contribution in [0.25, 0.3) is 11.0 Å². The van der Waals surface area contributed by atoms with Crippen LogP contribution in [0.5, 0.6) is 5.75 Å². The van der Waals surface area contributed by atoms with E-state index in [0.717, 1.165) is 11.1 Å². The molecule has 140 valence electrons. The molecule has 26 heavy (non-hydrogen) atoms. The van der Waals surface area contributed by atoms with E-state index in [0.29, 0.717) is 36.3 Å². The molecule has 5 nitrogen and oxygen atoms in total. The minimum Gasteiger partial charge on any atom is -0.486 e. The number of nitrogens with zero attached hydrogens (tertiary/aromatic N) is 2. The van der Waals surface area contributed by atoms with Crippen LogP contribution in [0.4, 0.5) is 0 Å². The maximum atomic E-state index is 13.3. The van der Waals surface area contributed by atoms with E-state index >= 15 is 0 Å². The predicted molar refractivity (Wildman–Crippen MR) is 104 cm³/mol. The monoisotopic (exact) mass is 356 g/mol. The third kappa shape index (κ3) is 3.16. The zero-order valence-electron chi connectivity index (χ0n) is 16.3. The molecule has 1 aliphatic heterocycles. The number of allylic oxidation sites excluding steroid dienone is 2. The molecule has 0 bridgehead atoms. The number of aryl methyl sites for hydroxylation is 2. The minimum absolute atomic E-state index is 0.0263. The third-order valence-corrected chi connectivity index (χ3v) is 5.10. The van der Waals surface area contributed by atoms with Gasteiger partial charge in [-0.25, -0.2) is 4.98 Å². The summed E-state index contributed by atoms with van der Waals surface area (Å²) in [7, 11) is 0. The fourth-order valence-electron chi connectivity index (χ4n) is 3.93. The van der Waals surface area contributed by atoms with Gasteiger partial charge in [0.05, 0.1) is 10.9 Å². The van der Waals surface area contributed by atoms with Crippen molar-refractivity contribution >= 4 is 11.0 Å². The van der Waals surface area contributed by atoms with Gasteiger partial charge in [-0.1, -0.05) is 11.6 Å². The Balaban J connectivity index is 2.38. The molecule has 1 N–H and O–H groups in total. The van der Waals surface area contributed by atoms with Crippen LogP contribution >= 0.6 is 0 Å². The van der Waals surface area contributed by atoms with Gasteiger partial charge in [-0.05, 0) is 53.2 Å². The van der Waals surface area contributed by atoms with Crippen molar-refractivity contribution < 1.29 is 9.84 Å². The van der Waals surface area contributed by atoms with Crippen LogP contribution in [0.3, 0.4) is 0 Å². The van der Waals surface area contributed by atoms with Gasteiger partial charge in [-0.3, -0.25) is 9.36 Å². The predicted octanol–water partition coefficient (Wildman–Crippen LogP) is 3.70. The first-order chi connectivity index (χ1) is 12.3. The molecule has 0 saturated carbocycles. The van der Waals surface area contributed by atoms with E-state index in [1.807, 2.05) is 46.8 Å². The molecular weight excluding hydrogens is 328 g/mol. The second-order valence-corrected chi connectivity index (χ2v) is 7.70. The Hall–Kier alpha value is -2.14. The zero-order valence-corrected chi connectivity index (χ0v) is 16.3. The normalized spacial score (nSPS) is 22.0. The van der Waals surface area contributed by atoms with Crippen LogP contribution in [-0.2, 0) is 6.54 Å². The highest BCUT2D eigenvalue weighted by Gasteiger charge is 2.39. The first-order valence-corrected chi connectivity index (χ1v) is 9.28. The molecule has 0 aromatic carbocycles. The van der Waals surface area contributed by atoms with Gasteiger partial charge in [0.25, 0.3) is 5.56 Å². The largest absolute Gasteiger partial charge is 0.486 e. The van der Waals surface area contributed by atoms with E-state index in [2.05, 4.69) is 11.1 Å². The Morgan fingerprint density at radius 1 is 1.46 bits per heavy atom. The Morgan fingerprint density at radius 3 is 2.81 bits per heavy atom. The zero-order chi connectivity index (χ0) is 19.1. The van der Waals surface area contributed by atoms with E-state index < -0.39 is 5.60 Å². The molecule has 5 heteroatoms. The van der Waals surface area contributed by atoms with E-state index in [1.165, 1.54) is 5.57 Å². The summed E-state index contributed by atoms with van der Waals surface area (Å²) in [6.07, 6.45) is 3.35. The fraction of sp³-hybridized carbons (Fsp3) is 0.524. The summed E-state index contributed by atoms with van der Waals surface area (Å²) in [6.45, 7) is 10.6. The summed E-state index contributed by atoms with van der Waals surface area (Å²) in [4.78, 5) is 17.9. The smallest absolute Gasteiger partial charge is 0.259 e. The highest BCUT2D eigenvalue weighted by Crippen LogP contribution is 2.44. The number of aromatic nitrogens is 2. The van der Waals surface area contributed by atoms with Gasteiger partial charge in [-0.15, -0.1) is 0 Å². The Bertz CT molecular complexity index is 925. The summed E-state index contributed by atoms with van der Waals surface area (Å²) < 4.78 is 8.10. The molecule has 2 aromatic rings. The molecule has 0 saturated heterocycles. The number of ether oxygens (including phenoxy) is 1. The Kier molecular flexibility index (Phi) is 4.93. The average molecular weight is 356 g/mol. The lowest BCUT2D eigenvalue weighted by Crippen LogP contribution is -2.42. The highest BCUT2D eigenvalue weighted by molar-refractivity contribution is 5.84. The molecule has 2 aromatic heterocycles. The van der Waals surface area contributed by atoms with Crippen molar-refractivity contribution in [3.05, 3.63) is 45.4 Å². The number of rotatable bonds is 4. The van der Waals surface area contributed by atoms with Gasteiger partial charge in [-0.2, -0.15) is 0 Å². The van der Waals surface area contributed by atoms with Crippen LogP contribution in [0, 0.1) is 6.92 Å². The van der Waals surface area contributed by atoms with Crippen LogP contribution < -0.4 is 10.3 Å². The van der Waals surface area contributed by atoms with E-state index in [1.54, 1.807) is 4.57 Å². The van der Waals surface area contributed by atoms with Crippen molar-refractivity contribution in [2.75, 3.05) is 6.61 Å². The van der Waals surface area contributed by atoms with Crippen molar-refractivity contribution in [3.8, 4) is 5.75 Å². The summed E-state index contributed by atoms with van der Waals surface area (Å²) >= 11 is 0. The van der Waals surface area contributed by atoms with Crippen LogP contribution in [0.15, 0.2) is 28.6 Å². The van der Waals surface area contributed by atoms with E-state index in [-0.39, 0.29) is 18.1 Å². The quantitative estimate of drug-likeness (QED) is 0.849. The molecular formula is C21H28N2O3. The number of pyridine rings is 2. The average Bonchev–Trinajstić information content (AvgIpc) is 2.54. The molecule has 0 radical (unpaired) electrons. The van der Waals surface area contributed by atoms with Crippen molar-refractivity contribution in [1.82, 2.24) is 9.55 Å². The molecule has 1 aliphatic rings. The molecule has 0 fully saturated rings.